The molecule has 1 atom stereocenters. The maximum absolute atomic E-state index is 13.4. The summed E-state index contributed by atoms with van der Waals surface area (Å²) in [6.45, 7) is 6.06. The van der Waals surface area contributed by atoms with Crippen LogP contribution in [0.25, 0.3) is 0 Å². The Morgan fingerprint density at radius 3 is 2.57 bits per heavy atom. The van der Waals surface area contributed by atoms with Crippen molar-refractivity contribution in [3.63, 3.8) is 0 Å². The maximum atomic E-state index is 13.4. The van der Waals surface area contributed by atoms with Crippen LogP contribution in [0.4, 0.5) is 5.69 Å². The molecular formula is C23H30N2O3. The zero-order valence-electron chi connectivity index (χ0n) is 17.0. The average molecular weight is 383 g/mol. The van der Waals surface area contributed by atoms with E-state index in [-0.39, 0.29) is 5.91 Å². The number of carbonyl (C=O) groups is 1. The van der Waals surface area contributed by atoms with Gasteiger partial charge in [0.15, 0.2) is 0 Å². The van der Waals surface area contributed by atoms with Crippen LogP contribution in [-0.4, -0.2) is 37.7 Å². The first kappa shape index (κ1) is 20.2. The average Bonchev–Trinajstić information content (AvgIpc) is 2.71. The summed E-state index contributed by atoms with van der Waals surface area (Å²) in [5.41, 5.74) is 1.80. The second-order valence-electron chi connectivity index (χ2n) is 7.24. The van der Waals surface area contributed by atoms with Crippen molar-refractivity contribution in [1.29, 1.82) is 0 Å². The Balaban J connectivity index is 2.01. The van der Waals surface area contributed by atoms with Crippen LogP contribution in [0, 0.1) is 0 Å². The van der Waals surface area contributed by atoms with E-state index in [1.165, 1.54) is 0 Å². The number of ether oxygens (including phenoxy) is 2. The van der Waals surface area contributed by atoms with Gasteiger partial charge < -0.3 is 19.7 Å². The van der Waals surface area contributed by atoms with Gasteiger partial charge in [0.25, 0.3) is 5.91 Å². The number of methoxy groups -OCH3 is 1. The van der Waals surface area contributed by atoms with Crippen molar-refractivity contribution in [2.45, 2.75) is 38.8 Å². The molecule has 0 spiro atoms. The fourth-order valence-corrected chi connectivity index (χ4v) is 3.68. The number of rotatable bonds is 9. The van der Waals surface area contributed by atoms with Gasteiger partial charge in [-0.15, -0.1) is 0 Å². The third-order valence-corrected chi connectivity index (χ3v) is 5.22. The molecule has 0 saturated carbocycles. The van der Waals surface area contributed by atoms with Crippen LogP contribution in [0.2, 0.25) is 0 Å². The molecule has 0 aromatic heterocycles. The summed E-state index contributed by atoms with van der Waals surface area (Å²) in [6.07, 6.45) is 2.84. The van der Waals surface area contributed by atoms with E-state index in [2.05, 4.69) is 19.2 Å². The first-order valence-corrected chi connectivity index (χ1v) is 10.0. The number of hydrogen-bond donors (Lipinski definition) is 1. The SMILES string of the molecule is CCCCOc1ccccc1C1(C)Nc2ccccc2C(=O)N1CCCOC. The third-order valence-electron chi connectivity index (χ3n) is 5.22. The Hall–Kier alpha value is -2.53. The number of fused-ring (bicyclic) bond motifs is 1. The smallest absolute Gasteiger partial charge is 0.258 e. The number of anilines is 1. The number of nitrogens with zero attached hydrogens (tertiary/aromatic N) is 1. The zero-order valence-corrected chi connectivity index (χ0v) is 17.0. The number of para-hydroxylation sites is 2. The lowest BCUT2D eigenvalue weighted by Crippen LogP contribution is -2.56. The maximum Gasteiger partial charge on any atom is 0.258 e. The third kappa shape index (κ3) is 3.99. The minimum absolute atomic E-state index is 0.0244. The molecular weight excluding hydrogens is 352 g/mol. The summed E-state index contributed by atoms with van der Waals surface area (Å²) in [4.78, 5) is 15.3. The van der Waals surface area contributed by atoms with Crippen molar-refractivity contribution in [3.05, 3.63) is 59.7 Å². The summed E-state index contributed by atoms with van der Waals surface area (Å²) in [7, 11) is 1.68. The Bertz CT molecular complexity index is 808. The number of amides is 1. The van der Waals surface area contributed by atoms with E-state index in [4.69, 9.17) is 9.47 Å². The summed E-state index contributed by atoms with van der Waals surface area (Å²) in [5.74, 6) is 0.839. The van der Waals surface area contributed by atoms with Gasteiger partial charge in [0.1, 0.15) is 11.4 Å². The van der Waals surface area contributed by atoms with Gasteiger partial charge in [0.05, 0.1) is 12.2 Å². The van der Waals surface area contributed by atoms with Gasteiger partial charge in [-0.05, 0) is 38.0 Å². The number of hydrogen-bond acceptors (Lipinski definition) is 4. The molecule has 2 aromatic rings. The molecule has 1 N–H and O–H groups in total. The molecule has 5 nitrogen and oxygen atoms in total. The Morgan fingerprint density at radius 1 is 1.04 bits per heavy atom. The van der Waals surface area contributed by atoms with Crippen molar-refractivity contribution in [2.24, 2.45) is 0 Å². The van der Waals surface area contributed by atoms with Gasteiger partial charge in [-0.1, -0.05) is 43.7 Å². The van der Waals surface area contributed by atoms with E-state index >= 15 is 0 Å². The Kier molecular flexibility index (Phi) is 6.57. The van der Waals surface area contributed by atoms with Gasteiger partial charge >= 0.3 is 0 Å². The zero-order chi connectivity index (χ0) is 20.0. The van der Waals surface area contributed by atoms with E-state index in [1.54, 1.807) is 7.11 Å². The van der Waals surface area contributed by atoms with Gasteiger partial charge in [0, 0.05) is 31.5 Å². The Labute approximate surface area is 167 Å². The monoisotopic (exact) mass is 382 g/mol. The van der Waals surface area contributed by atoms with Crippen LogP contribution in [0.1, 0.15) is 49.0 Å². The van der Waals surface area contributed by atoms with Crippen LogP contribution < -0.4 is 10.1 Å². The summed E-state index contributed by atoms with van der Waals surface area (Å²) in [6, 6.07) is 15.7. The van der Waals surface area contributed by atoms with Crippen LogP contribution in [-0.2, 0) is 10.4 Å². The molecule has 0 saturated heterocycles. The molecule has 1 aliphatic heterocycles. The molecule has 1 amide bonds. The molecule has 0 radical (unpaired) electrons. The van der Waals surface area contributed by atoms with Gasteiger partial charge in [0.2, 0.25) is 0 Å². The summed E-state index contributed by atoms with van der Waals surface area (Å²) in [5, 5.41) is 3.61. The molecule has 28 heavy (non-hydrogen) atoms. The van der Waals surface area contributed by atoms with Gasteiger partial charge in [-0.3, -0.25) is 4.79 Å². The fraction of sp³-hybridized carbons (Fsp3) is 0.435. The highest BCUT2D eigenvalue weighted by Crippen LogP contribution is 2.41. The molecule has 0 fully saturated rings. The van der Waals surface area contributed by atoms with Crippen molar-refractivity contribution < 1.29 is 14.3 Å². The van der Waals surface area contributed by atoms with E-state index in [1.807, 2.05) is 53.4 Å². The first-order chi connectivity index (χ1) is 13.6. The standard InChI is InChI=1S/C23H30N2O3/c1-4-5-17-28-21-14-9-7-12-19(21)23(2)24-20-13-8-6-11-18(20)22(26)25(23)15-10-16-27-3/h6-9,11-14,24H,4-5,10,15-17H2,1-3H3. The van der Waals surface area contributed by atoms with E-state index in [0.29, 0.717) is 25.3 Å². The largest absolute Gasteiger partial charge is 0.493 e. The minimum atomic E-state index is -0.706. The minimum Gasteiger partial charge on any atom is -0.493 e. The Morgan fingerprint density at radius 2 is 1.79 bits per heavy atom. The van der Waals surface area contributed by atoms with Crippen LogP contribution >= 0.6 is 0 Å². The molecule has 3 rings (SSSR count). The van der Waals surface area contributed by atoms with Crippen molar-refractivity contribution in [2.75, 3.05) is 32.2 Å². The van der Waals surface area contributed by atoms with Crippen molar-refractivity contribution in [1.82, 2.24) is 4.90 Å². The second kappa shape index (κ2) is 9.11. The molecule has 1 aliphatic rings. The lowest BCUT2D eigenvalue weighted by atomic mass is 9.92. The highest BCUT2D eigenvalue weighted by atomic mass is 16.5. The lowest BCUT2D eigenvalue weighted by molar-refractivity contribution is 0.0498. The molecule has 5 heteroatoms. The highest BCUT2D eigenvalue weighted by Gasteiger charge is 2.43. The molecule has 2 aromatic carbocycles. The number of nitrogens with one attached hydrogen (secondary N) is 1. The number of benzene rings is 2. The van der Waals surface area contributed by atoms with E-state index in [0.717, 1.165) is 36.3 Å². The highest BCUT2D eigenvalue weighted by molar-refractivity contribution is 6.02. The van der Waals surface area contributed by atoms with Crippen LogP contribution in [0.5, 0.6) is 5.75 Å². The summed E-state index contributed by atoms with van der Waals surface area (Å²) < 4.78 is 11.3. The molecule has 1 heterocycles. The quantitative estimate of drug-likeness (QED) is 0.642. The predicted octanol–water partition coefficient (Wildman–Crippen LogP) is 4.64. The molecule has 0 bridgehead atoms. The van der Waals surface area contributed by atoms with Gasteiger partial charge in [-0.25, -0.2) is 0 Å². The fourth-order valence-electron chi connectivity index (χ4n) is 3.68. The first-order valence-electron chi connectivity index (χ1n) is 10.0. The molecule has 1 unspecified atom stereocenters. The van der Waals surface area contributed by atoms with E-state index in [9.17, 15) is 4.79 Å². The van der Waals surface area contributed by atoms with Crippen LogP contribution in [0.3, 0.4) is 0 Å². The predicted molar refractivity (Wildman–Crippen MR) is 112 cm³/mol. The topological polar surface area (TPSA) is 50.8 Å². The van der Waals surface area contributed by atoms with Crippen molar-refractivity contribution >= 4 is 11.6 Å². The molecule has 150 valence electrons. The normalized spacial score (nSPS) is 18.5. The second-order valence-corrected chi connectivity index (χ2v) is 7.24. The molecule has 0 aliphatic carbocycles. The van der Waals surface area contributed by atoms with E-state index < -0.39 is 5.66 Å². The summed E-state index contributed by atoms with van der Waals surface area (Å²) >= 11 is 0. The van der Waals surface area contributed by atoms with Gasteiger partial charge in [-0.2, -0.15) is 0 Å². The number of carbonyl (C=O) groups excluding carboxylic acids is 1. The van der Waals surface area contributed by atoms with Crippen LogP contribution in [0.15, 0.2) is 48.5 Å². The number of unbranched alkanes of at least 4 members (excludes halogenated alkanes) is 1. The lowest BCUT2D eigenvalue weighted by Gasteiger charge is -2.47. The van der Waals surface area contributed by atoms with Crippen molar-refractivity contribution in [3.8, 4) is 5.75 Å².